The number of carbonyl (C=O) groups is 1. The lowest BCUT2D eigenvalue weighted by Gasteiger charge is -2.35. The number of hydrogen-bond donors (Lipinski definition) is 1. The van der Waals surface area contributed by atoms with Gasteiger partial charge < -0.3 is 10.5 Å². The Morgan fingerprint density at radius 1 is 1.35 bits per heavy atom. The molecule has 2 bridgehead atoms. The maximum absolute atomic E-state index is 14.2. The summed E-state index contributed by atoms with van der Waals surface area (Å²) < 4.78 is 19.7. The van der Waals surface area contributed by atoms with E-state index in [2.05, 4.69) is 0 Å². The van der Waals surface area contributed by atoms with E-state index in [0.29, 0.717) is 17.7 Å². The van der Waals surface area contributed by atoms with Gasteiger partial charge in [-0.2, -0.15) is 0 Å². The molecular formula is C18H23FN2O2. The number of nitrogens with two attached hydrogens (primary N) is 1. The topological polar surface area (TPSA) is 55.6 Å². The fourth-order valence-corrected chi connectivity index (χ4v) is 3.42. The van der Waals surface area contributed by atoms with Crippen molar-refractivity contribution in [2.75, 3.05) is 5.73 Å². The number of nitrogens with zero attached hydrogens (tertiary/aromatic N) is 1. The molecule has 4 nitrogen and oxygen atoms in total. The van der Waals surface area contributed by atoms with Crippen molar-refractivity contribution in [2.24, 2.45) is 0 Å². The summed E-state index contributed by atoms with van der Waals surface area (Å²) in [4.78, 5) is 14.2. The molecule has 1 aromatic rings. The summed E-state index contributed by atoms with van der Waals surface area (Å²) in [6.07, 6.45) is 4.18. The summed E-state index contributed by atoms with van der Waals surface area (Å²) in [7, 11) is 0. The average Bonchev–Trinajstić information content (AvgIpc) is 2.68. The van der Waals surface area contributed by atoms with Gasteiger partial charge in [-0.25, -0.2) is 9.18 Å². The largest absolute Gasteiger partial charge is 0.444 e. The lowest BCUT2D eigenvalue weighted by Crippen LogP contribution is -2.45. The van der Waals surface area contributed by atoms with Crippen LogP contribution in [0.15, 0.2) is 24.3 Å². The zero-order valence-electron chi connectivity index (χ0n) is 13.8. The van der Waals surface area contributed by atoms with Gasteiger partial charge in [0.1, 0.15) is 11.4 Å². The molecule has 5 heteroatoms. The van der Waals surface area contributed by atoms with Crippen LogP contribution in [-0.4, -0.2) is 28.7 Å². The Morgan fingerprint density at radius 3 is 2.70 bits per heavy atom. The van der Waals surface area contributed by atoms with Crippen molar-refractivity contribution in [2.45, 2.75) is 57.7 Å². The van der Waals surface area contributed by atoms with Crippen LogP contribution in [0.5, 0.6) is 0 Å². The maximum Gasteiger partial charge on any atom is 0.411 e. The van der Waals surface area contributed by atoms with Crippen LogP contribution in [0.25, 0.3) is 5.57 Å². The van der Waals surface area contributed by atoms with E-state index in [4.69, 9.17) is 10.5 Å². The normalized spacial score (nSPS) is 23.7. The molecule has 0 aliphatic carbocycles. The highest BCUT2D eigenvalue weighted by atomic mass is 19.1. The van der Waals surface area contributed by atoms with Crippen molar-refractivity contribution in [1.82, 2.24) is 4.90 Å². The molecule has 2 N–H and O–H groups in total. The number of amides is 1. The van der Waals surface area contributed by atoms with E-state index in [0.717, 1.165) is 18.4 Å². The van der Waals surface area contributed by atoms with Crippen LogP contribution in [0.2, 0.25) is 0 Å². The van der Waals surface area contributed by atoms with E-state index < -0.39 is 5.60 Å². The first kappa shape index (κ1) is 15.8. The second kappa shape index (κ2) is 5.55. The highest BCUT2D eigenvalue weighted by Gasteiger charge is 2.41. The van der Waals surface area contributed by atoms with Gasteiger partial charge in [0.25, 0.3) is 0 Å². The Bertz CT molecular complexity index is 663. The third-order valence-electron chi connectivity index (χ3n) is 4.34. The van der Waals surface area contributed by atoms with Crippen LogP contribution in [0.4, 0.5) is 14.9 Å². The van der Waals surface area contributed by atoms with E-state index in [9.17, 15) is 9.18 Å². The van der Waals surface area contributed by atoms with Gasteiger partial charge >= 0.3 is 6.09 Å². The molecule has 1 saturated heterocycles. The Kier molecular flexibility index (Phi) is 3.82. The SMILES string of the molecule is CC(C)(C)OC(=O)N1C2C=C(c3ccc(N)cc3F)CC1CC2. The van der Waals surface area contributed by atoms with Crippen molar-refractivity contribution in [1.29, 1.82) is 0 Å². The number of ether oxygens (including phenoxy) is 1. The van der Waals surface area contributed by atoms with Gasteiger partial charge in [0.05, 0.1) is 6.04 Å². The molecule has 1 amide bonds. The van der Waals surface area contributed by atoms with Crippen LogP contribution in [0, 0.1) is 5.82 Å². The van der Waals surface area contributed by atoms with Gasteiger partial charge in [-0.05, 0) is 63.8 Å². The molecule has 2 aliphatic heterocycles. The van der Waals surface area contributed by atoms with Crippen LogP contribution in [0.3, 0.4) is 0 Å². The smallest absolute Gasteiger partial charge is 0.411 e. The number of carbonyl (C=O) groups excluding carboxylic acids is 1. The predicted molar refractivity (Wildman–Crippen MR) is 88.3 cm³/mol. The number of benzene rings is 1. The minimum atomic E-state index is -0.510. The van der Waals surface area contributed by atoms with Crippen LogP contribution in [0.1, 0.15) is 45.6 Å². The highest BCUT2D eigenvalue weighted by Crippen LogP contribution is 2.40. The van der Waals surface area contributed by atoms with E-state index >= 15 is 0 Å². The second-order valence-corrected chi connectivity index (χ2v) is 7.32. The van der Waals surface area contributed by atoms with E-state index in [1.54, 1.807) is 12.1 Å². The number of halogens is 1. The first-order valence-corrected chi connectivity index (χ1v) is 8.02. The molecule has 2 unspecified atom stereocenters. The molecule has 0 radical (unpaired) electrons. The molecule has 2 heterocycles. The van der Waals surface area contributed by atoms with E-state index in [1.165, 1.54) is 6.07 Å². The number of anilines is 1. The zero-order chi connectivity index (χ0) is 16.8. The standard InChI is InChI=1S/C18H23FN2O2/c1-18(2,3)23-17(22)21-13-5-6-14(21)9-11(8-13)15-7-4-12(20)10-16(15)19/h4,7-8,10,13-14H,5-6,9,20H2,1-3H3. The van der Waals surface area contributed by atoms with Crippen molar-refractivity contribution in [3.8, 4) is 0 Å². The molecule has 3 rings (SSSR count). The fourth-order valence-electron chi connectivity index (χ4n) is 3.42. The monoisotopic (exact) mass is 318 g/mol. The number of nitrogen functional groups attached to an aromatic ring is 1. The third kappa shape index (κ3) is 3.19. The van der Waals surface area contributed by atoms with E-state index in [-0.39, 0.29) is 24.0 Å². The minimum absolute atomic E-state index is 0.0180. The molecule has 23 heavy (non-hydrogen) atoms. The predicted octanol–water partition coefficient (Wildman–Crippen LogP) is 3.96. The Balaban J connectivity index is 1.84. The molecule has 124 valence electrons. The summed E-state index contributed by atoms with van der Waals surface area (Å²) in [5.41, 5.74) is 7.06. The fraction of sp³-hybridized carbons (Fsp3) is 0.500. The van der Waals surface area contributed by atoms with E-state index in [1.807, 2.05) is 31.7 Å². The van der Waals surface area contributed by atoms with Gasteiger partial charge in [0.2, 0.25) is 0 Å². The molecule has 1 fully saturated rings. The van der Waals surface area contributed by atoms with Crippen LogP contribution < -0.4 is 5.73 Å². The molecule has 2 atom stereocenters. The quantitative estimate of drug-likeness (QED) is 0.797. The van der Waals surface area contributed by atoms with Crippen molar-refractivity contribution in [3.05, 3.63) is 35.7 Å². The van der Waals surface area contributed by atoms with Crippen LogP contribution in [-0.2, 0) is 4.74 Å². The van der Waals surface area contributed by atoms with Gasteiger partial charge in [0.15, 0.2) is 0 Å². The first-order chi connectivity index (χ1) is 10.7. The van der Waals surface area contributed by atoms with Crippen molar-refractivity contribution in [3.63, 3.8) is 0 Å². The van der Waals surface area contributed by atoms with Gasteiger partial charge in [-0.15, -0.1) is 0 Å². The molecular weight excluding hydrogens is 295 g/mol. The molecule has 2 aliphatic rings. The van der Waals surface area contributed by atoms with Crippen LogP contribution >= 0.6 is 0 Å². The van der Waals surface area contributed by atoms with Crippen molar-refractivity contribution >= 4 is 17.4 Å². The number of rotatable bonds is 1. The summed E-state index contributed by atoms with van der Waals surface area (Å²) >= 11 is 0. The molecule has 0 spiro atoms. The maximum atomic E-state index is 14.2. The first-order valence-electron chi connectivity index (χ1n) is 8.02. The minimum Gasteiger partial charge on any atom is -0.444 e. The Hall–Kier alpha value is -2.04. The van der Waals surface area contributed by atoms with Gasteiger partial charge in [-0.1, -0.05) is 6.08 Å². The highest BCUT2D eigenvalue weighted by molar-refractivity contribution is 5.75. The lowest BCUT2D eigenvalue weighted by atomic mass is 9.94. The number of hydrogen-bond acceptors (Lipinski definition) is 3. The summed E-state index contributed by atoms with van der Waals surface area (Å²) in [5, 5.41) is 0. The summed E-state index contributed by atoms with van der Waals surface area (Å²) in [6.45, 7) is 5.59. The molecule has 0 aromatic heterocycles. The number of fused-ring (bicyclic) bond motifs is 2. The zero-order valence-corrected chi connectivity index (χ0v) is 13.8. The van der Waals surface area contributed by atoms with Gasteiger partial charge in [-0.3, -0.25) is 4.90 Å². The molecule has 1 aromatic carbocycles. The Labute approximate surface area is 136 Å². The van der Waals surface area contributed by atoms with Gasteiger partial charge in [0, 0.05) is 17.3 Å². The average molecular weight is 318 g/mol. The lowest BCUT2D eigenvalue weighted by molar-refractivity contribution is 0.0175. The third-order valence-corrected chi connectivity index (χ3v) is 4.34. The van der Waals surface area contributed by atoms with Crippen molar-refractivity contribution < 1.29 is 13.9 Å². The second-order valence-electron chi connectivity index (χ2n) is 7.32. The summed E-state index contributed by atoms with van der Waals surface area (Å²) in [5.74, 6) is -0.304. The Morgan fingerprint density at radius 2 is 2.09 bits per heavy atom. The molecule has 0 saturated carbocycles. The summed E-state index contributed by atoms with van der Waals surface area (Å²) in [6, 6.07) is 4.83.